The van der Waals surface area contributed by atoms with Crippen LogP contribution in [0.5, 0.6) is 0 Å². The van der Waals surface area contributed by atoms with E-state index in [0.717, 1.165) is 0 Å². The van der Waals surface area contributed by atoms with Crippen LogP contribution in [-0.2, 0) is 0 Å². The molecule has 0 saturated carbocycles. The zero-order valence-electron chi connectivity index (χ0n) is 7.70. The normalized spacial score (nSPS) is 15.4. The molecule has 0 atom stereocenters. The summed E-state index contributed by atoms with van der Waals surface area (Å²) in [5.41, 5.74) is 0.444. The van der Waals surface area contributed by atoms with Crippen LogP contribution in [0.3, 0.4) is 0 Å². The van der Waals surface area contributed by atoms with Gasteiger partial charge in [0.05, 0.1) is 0 Å². The van der Waals surface area contributed by atoms with Crippen LogP contribution in [0.2, 0.25) is 0 Å². The lowest BCUT2D eigenvalue weighted by atomic mass is 9.94. The minimum absolute atomic E-state index is 0.444. The highest BCUT2D eigenvalue weighted by molar-refractivity contribution is 8.50. The summed E-state index contributed by atoms with van der Waals surface area (Å²) in [5.74, 6) is 1.18. The first-order valence-corrected chi connectivity index (χ1v) is 7.06. The molecule has 64 valence electrons. The summed E-state index contributed by atoms with van der Waals surface area (Å²) in [6.07, 6.45) is 5.54. The molecule has 0 radical (unpaired) electrons. The van der Waals surface area contributed by atoms with Crippen molar-refractivity contribution >= 4 is 19.9 Å². The van der Waals surface area contributed by atoms with E-state index in [2.05, 4.69) is 33.3 Å². The first-order valence-electron chi connectivity index (χ1n) is 3.61. The predicted molar refractivity (Wildman–Crippen MR) is 54.2 cm³/mol. The van der Waals surface area contributed by atoms with Crippen LogP contribution >= 0.6 is 19.9 Å². The topological polar surface area (TPSA) is 0 Å². The molecule has 0 unspecified atom stereocenters. The summed E-state index contributed by atoms with van der Waals surface area (Å²) in [6.45, 7) is 6.78. The average molecular weight is 183 g/mol. The van der Waals surface area contributed by atoms with Crippen molar-refractivity contribution in [1.29, 1.82) is 0 Å². The predicted octanol–water partition coefficient (Wildman–Crippen LogP) is 3.64. The third-order valence-electron chi connectivity index (χ3n) is 1.34. The lowest BCUT2D eigenvalue weighted by molar-refractivity contribution is 0.401. The Kier molecular flexibility index (Phi) is 3.57. The number of hydrogen-bond donors (Lipinski definition) is 0. The van der Waals surface area contributed by atoms with Gasteiger partial charge in [-0.05, 0) is 30.1 Å². The SMILES string of the molecule is CC(C)(C)CCS(C)(C)Cl. The molecule has 2 heteroatoms. The highest BCUT2D eigenvalue weighted by Crippen LogP contribution is 2.47. The third-order valence-corrected chi connectivity index (χ3v) is 2.98. The van der Waals surface area contributed by atoms with Crippen molar-refractivity contribution in [2.24, 2.45) is 5.41 Å². The van der Waals surface area contributed by atoms with Crippen molar-refractivity contribution in [3.63, 3.8) is 0 Å². The molecule has 0 aromatic carbocycles. The van der Waals surface area contributed by atoms with E-state index in [0.29, 0.717) is 5.41 Å². The van der Waals surface area contributed by atoms with Gasteiger partial charge in [-0.1, -0.05) is 31.5 Å². The molecule has 0 aliphatic rings. The minimum Gasteiger partial charge on any atom is -0.169 e. The van der Waals surface area contributed by atoms with Crippen LogP contribution in [0, 0.1) is 5.41 Å². The van der Waals surface area contributed by atoms with Gasteiger partial charge in [0.1, 0.15) is 0 Å². The molecule has 0 heterocycles. The minimum atomic E-state index is -0.785. The summed E-state index contributed by atoms with van der Waals surface area (Å²) in [6, 6.07) is 0. The summed E-state index contributed by atoms with van der Waals surface area (Å²) in [4.78, 5) is 0. The molecule has 0 nitrogen and oxygen atoms in total. The Hall–Kier alpha value is 0.640. The van der Waals surface area contributed by atoms with Gasteiger partial charge in [0.15, 0.2) is 0 Å². The van der Waals surface area contributed by atoms with Gasteiger partial charge in [0.2, 0.25) is 0 Å². The maximum atomic E-state index is 6.12. The summed E-state index contributed by atoms with van der Waals surface area (Å²) in [5, 5.41) is 0. The second kappa shape index (κ2) is 3.36. The summed E-state index contributed by atoms with van der Waals surface area (Å²) < 4.78 is 0. The van der Waals surface area contributed by atoms with E-state index in [-0.39, 0.29) is 0 Å². The molecule has 0 aromatic rings. The Morgan fingerprint density at radius 3 is 1.70 bits per heavy atom. The number of rotatable bonds is 2. The monoisotopic (exact) mass is 182 g/mol. The number of halogens is 1. The standard InChI is InChI=1S/C8H19ClS/c1-8(2,3)6-7-10(4,5)9/h6-7H2,1-5H3. The van der Waals surface area contributed by atoms with Gasteiger partial charge in [-0.3, -0.25) is 0 Å². The van der Waals surface area contributed by atoms with Crippen LogP contribution in [-0.4, -0.2) is 18.3 Å². The van der Waals surface area contributed by atoms with E-state index in [1.165, 1.54) is 12.2 Å². The fourth-order valence-electron chi connectivity index (χ4n) is 0.549. The highest BCUT2D eigenvalue weighted by atomic mass is 35.7. The van der Waals surface area contributed by atoms with Gasteiger partial charge in [-0.2, -0.15) is 9.24 Å². The molecule has 0 fully saturated rings. The molecule has 0 spiro atoms. The van der Waals surface area contributed by atoms with E-state index >= 15 is 0 Å². The van der Waals surface area contributed by atoms with Gasteiger partial charge in [0, 0.05) is 0 Å². The second-order valence-electron chi connectivity index (χ2n) is 4.42. The molecule has 0 aliphatic carbocycles. The maximum Gasteiger partial charge on any atom is -0.0101 e. The smallest absolute Gasteiger partial charge is 0.0101 e. The molecule has 0 aromatic heterocycles. The Balaban J connectivity index is 3.56. The third kappa shape index (κ3) is 8.64. The number of hydrogen-bond acceptors (Lipinski definition) is 0. The largest absolute Gasteiger partial charge is 0.169 e. The average Bonchev–Trinajstić information content (AvgIpc) is 1.57. The Morgan fingerprint density at radius 2 is 1.60 bits per heavy atom. The molecular formula is C8H19ClS. The van der Waals surface area contributed by atoms with Crippen molar-refractivity contribution < 1.29 is 0 Å². The fraction of sp³-hybridized carbons (Fsp3) is 1.00. The molecule has 0 aliphatic heterocycles. The van der Waals surface area contributed by atoms with Gasteiger partial charge in [-0.25, -0.2) is 0 Å². The molecule has 0 amide bonds. The van der Waals surface area contributed by atoms with E-state index in [1.54, 1.807) is 0 Å². The first-order chi connectivity index (χ1) is 4.21. The van der Waals surface area contributed by atoms with E-state index in [4.69, 9.17) is 10.7 Å². The van der Waals surface area contributed by atoms with Crippen LogP contribution in [0.4, 0.5) is 0 Å². The van der Waals surface area contributed by atoms with Crippen LogP contribution in [0.25, 0.3) is 0 Å². The van der Waals surface area contributed by atoms with Crippen molar-refractivity contribution in [2.75, 3.05) is 18.3 Å². The zero-order valence-corrected chi connectivity index (χ0v) is 9.27. The fourth-order valence-corrected chi connectivity index (χ4v) is 1.88. The van der Waals surface area contributed by atoms with Crippen LogP contribution in [0.15, 0.2) is 0 Å². The van der Waals surface area contributed by atoms with Gasteiger partial charge < -0.3 is 0 Å². The van der Waals surface area contributed by atoms with E-state index < -0.39 is 9.24 Å². The first kappa shape index (κ1) is 10.6. The van der Waals surface area contributed by atoms with Gasteiger partial charge in [-0.15, -0.1) is 0 Å². The molecule has 0 rings (SSSR count). The Morgan fingerprint density at radius 1 is 1.20 bits per heavy atom. The second-order valence-corrected chi connectivity index (χ2v) is 10.1. The van der Waals surface area contributed by atoms with E-state index in [1.807, 2.05) is 0 Å². The molecule has 0 N–H and O–H groups in total. The lowest BCUT2D eigenvalue weighted by Gasteiger charge is -2.27. The summed E-state index contributed by atoms with van der Waals surface area (Å²) >= 11 is 0. The van der Waals surface area contributed by atoms with Gasteiger partial charge in [0.25, 0.3) is 0 Å². The maximum absolute atomic E-state index is 6.12. The Bertz CT molecular complexity index is 82.8. The highest BCUT2D eigenvalue weighted by Gasteiger charge is 2.14. The van der Waals surface area contributed by atoms with Crippen molar-refractivity contribution in [2.45, 2.75) is 27.2 Å². The van der Waals surface area contributed by atoms with E-state index in [9.17, 15) is 0 Å². The zero-order chi connectivity index (χ0) is 8.41. The molecule has 10 heavy (non-hydrogen) atoms. The molecule has 0 saturated heterocycles. The van der Waals surface area contributed by atoms with Crippen molar-refractivity contribution in [3.05, 3.63) is 0 Å². The van der Waals surface area contributed by atoms with Crippen molar-refractivity contribution in [3.8, 4) is 0 Å². The Labute approximate surface area is 71.2 Å². The molecular weight excluding hydrogens is 164 g/mol. The van der Waals surface area contributed by atoms with Crippen LogP contribution < -0.4 is 0 Å². The van der Waals surface area contributed by atoms with Crippen LogP contribution in [0.1, 0.15) is 27.2 Å². The molecule has 0 bridgehead atoms. The summed E-state index contributed by atoms with van der Waals surface area (Å²) in [7, 11) is 5.34. The quantitative estimate of drug-likeness (QED) is 0.612. The van der Waals surface area contributed by atoms with Crippen molar-refractivity contribution in [1.82, 2.24) is 0 Å². The van der Waals surface area contributed by atoms with Gasteiger partial charge >= 0.3 is 0 Å². The lowest BCUT2D eigenvalue weighted by Crippen LogP contribution is -2.09.